The average Bonchev–Trinajstić information content (AvgIpc) is 2.73. The van der Waals surface area contributed by atoms with Crippen LogP contribution in [-0.2, 0) is 28.7 Å². The molecule has 1 amide bonds. The van der Waals surface area contributed by atoms with E-state index < -0.39 is 42.3 Å². The lowest BCUT2D eigenvalue weighted by Crippen LogP contribution is -2.52. The van der Waals surface area contributed by atoms with Crippen molar-refractivity contribution in [3.63, 3.8) is 0 Å². The lowest BCUT2D eigenvalue weighted by Gasteiger charge is -2.36. The largest absolute Gasteiger partial charge is 0.481 e. The molecule has 1 aliphatic heterocycles. The fraction of sp³-hybridized carbons (Fsp3) is 0.619. The van der Waals surface area contributed by atoms with E-state index in [-0.39, 0.29) is 57.5 Å². The standard InChI is InChI=1S/C21H23F9N2O4/c22-19(23,24)15-6-3-5-13(4-1-2-7-16(33)34)14(15)12-31-8-10-32(11-9-31)18(35)36-17(20(25,26)27)21(28,29)30/h3,5-6,17H,1-2,4,7-12H2,(H,33,34). The van der Waals surface area contributed by atoms with E-state index in [1.807, 2.05) is 0 Å². The number of carbonyl (C=O) groups is 2. The van der Waals surface area contributed by atoms with Crippen LogP contribution in [0.4, 0.5) is 44.3 Å². The third-order valence-electron chi connectivity index (χ3n) is 5.49. The van der Waals surface area contributed by atoms with E-state index in [0.29, 0.717) is 16.9 Å². The van der Waals surface area contributed by atoms with Crippen LogP contribution in [0.1, 0.15) is 36.0 Å². The number of hydrogen-bond acceptors (Lipinski definition) is 4. The molecule has 1 N–H and O–H groups in total. The zero-order valence-electron chi connectivity index (χ0n) is 18.6. The molecule has 15 heteroatoms. The summed E-state index contributed by atoms with van der Waals surface area (Å²) in [5.41, 5.74) is -0.626. The first kappa shape index (κ1) is 29.5. The Bertz CT molecular complexity index is 894. The van der Waals surface area contributed by atoms with Crippen LogP contribution in [-0.4, -0.2) is 71.6 Å². The van der Waals surface area contributed by atoms with Gasteiger partial charge in [-0.3, -0.25) is 9.69 Å². The predicted octanol–water partition coefficient (Wildman–Crippen LogP) is 5.25. The zero-order chi connectivity index (χ0) is 27.3. The van der Waals surface area contributed by atoms with Crippen molar-refractivity contribution in [3.8, 4) is 0 Å². The van der Waals surface area contributed by atoms with Crippen molar-refractivity contribution < 1.29 is 58.9 Å². The normalized spacial score (nSPS) is 15.9. The smallest absolute Gasteiger partial charge is 0.434 e. The van der Waals surface area contributed by atoms with Crippen LogP contribution in [0.3, 0.4) is 0 Å². The highest BCUT2D eigenvalue weighted by molar-refractivity contribution is 5.68. The molecule has 0 bridgehead atoms. The second-order valence-corrected chi connectivity index (χ2v) is 8.15. The minimum absolute atomic E-state index is 0.0643. The number of aryl methyl sites for hydroxylation is 1. The molecule has 0 spiro atoms. The van der Waals surface area contributed by atoms with E-state index in [4.69, 9.17) is 5.11 Å². The number of benzene rings is 1. The van der Waals surface area contributed by atoms with Crippen molar-refractivity contribution in [2.24, 2.45) is 0 Å². The number of aliphatic carboxylic acids is 1. The number of ether oxygens (including phenoxy) is 1. The van der Waals surface area contributed by atoms with E-state index in [1.54, 1.807) is 0 Å². The monoisotopic (exact) mass is 538 g/mol. The number of carbonyl (C=O) groups excluding carboxylic acids is 1. The summed E-state index contributed by atoms with van der Waals surface area (Å²) in [5.74, 6) is -1.03. The molecule has 0 radical (unpaired) electrons. The van der Waals surface area contributed by atoms with Gasteiger partial charge < -0.3 is 14.7 Å². The summed E-state index contributed by atoms with van der Waals surface area (Å²) in [6.45, 7) is -1.20. The Balaban J connectivity index is 2.08. The number of carboxylic acid groups (broad SMARTS) is 1. The summed E-state index contributed by atoms with van der Waals surface area (Å²) in [6, 6.07) is 3.59. The van der Waals surface area contributed by atoms with Crippen LogP contribution < -0.4 is 0 Å². The summed E-state index contributed by atoms with van der Waals surface area (Å²) >= 11 is 0. The van der Waals surface area contributed by atoms with E-state index in [9.17, 15) is 49.1 Å². The fourth-order valence-corrected chi connectivity index (χ4v) is 3.72. The predicted molar refractivity (Wildman–Crippen MR) is 106 cm³/mol. The van der Waals surface area contributed by atoms with Gasteiger partial charge in [-0.2, -0.15) is 39.5 Å². The van der Waals surface area contributed by atoms with E-state index >= 15 is 0 Å². The van der Waals surface area contributed by atoms with Crippen molar-refractivity contribution in [3.05, 3.63) is 34.9 Å². The molecular formula is C21H23F9N2O4. The molecule has 0 aromatic heterocycles. The van der Waals surface area contributed by atoms with Crippen molar-refractivity contribution in [1.82, 2.24) is 9.80 Å². The Hall–Kier alpha value is -2.71. The summed E-state index contributed by atoms with van der Waals surface area (Å²) in [5, 5.41) is 8.72. The first-order valence-electron chi connectivity index (χ1n) is 10.7. The number of unbranched alkanes of at least 4 members (excludes halogenated alkanes) is 1. The quantitative estimate of drug-likeness (QED) is 0.362. The summed E-state index contributed by atoms with van der Waals surface area (Å²) in [7, 11) is 0. The minimum Gasteiger partial charge on any atom is -0.481 e. The molecule has 1 heterocycles. The third-order valence-corrected chi connectivity index (χ3v) is 5.49. The molecule has 1 saturated heterocycles. The first-order chi connectivity index (χ1) is 16.5. The van der Waals surface area contributed by atoms with Crippen molar-refractivity contribution in [2.45, 2.75) is 56.9 Å². The number of rotatable bonds is 8. The maximum atomic E-state index is 13.6. The second kappa shape index (κ2) is 11.6. The summed E-state index contributed by atoms with van der Waals surface area (Å²) < 4.78 is 120. The number of halogens is 9. The molecule has 0 saturated carbocycles. The topological polar surface area (TPSA) is 70.1 Å². The van der Waals surface area contributed by atoms with Gasteiger partial charge in [0.1, 0.15) is 0 Å². The molecule has 0 aliphatic carbocycles. The lowest BCUT2D eigenvalue weighted by atomic mass is 9.95. The molecule has 2 rings (SSSR count). The molecule has 36 heavy (non-hydrogen) atoms. The number of hydrogen-bond donors (Lipinski definition) is 1. The molecule has 0 atom stereocenters. The molecular weight excluding hydrogens is 515 g/mol. The van der Waals surface area contributed by atoms with Gasteiger partial charge in [0.2, 0.25) is 0 Å². The van der Waals surface area contributed by atoms with Crippen LogP contribution in [0, 0.1) is 0 Å². The van der Waals surface area contributed by atoms with Crippen molar-refractivity contribution in [1.29, 1.82) is 0 Å². The van der Waals surface area contributed by atoms with Gasteiger partial charge in [-0.05, 0) is 36.5 Å². The zero-order valence-corrected chi connectivity index (χ0v) is 18.6. The fourth-order valence-electron chi connectivity index (χ4n) is 3.72. The van der Waals surface area contributed by atoms with Crippen LogP contribution in [0.5, 0.6) is 0 Å². The highest BCUT2D eigenvalue weighted by atomic mass is 19.4. The molecule has 1 aliphatic rings. The highest BCUT2D eigenvalue weighted by Crippen LogP contribution is 2.37. The first-order valence-corrected chi connectivity index (χ1v) is 10.7. The van der Waals surface area contributed by atoms with Gasteiger partial charge in [-0.25, -0.2) is 4.79 Å². The molecule has 1 fully saturated rings. The number of alkyl halides is 9. The van der Waals surface area contributed by atoms with Gasteiger partial charge in [0.25, 0.3) is 6.10 Å². The lowest BCUT2D eigenvalue weighted by molar-refractivity contribution is -0.308. The maximum absolute atomic E-state index is 13.6. The van der Waals surface area contributed by atoms with Gasteiger partial charge in [-0.1, -0.05) is 12.1 Å². The highest BCUT2D eigenvalue weighted by Gasteiger charge is 2.60. The average molecular weight is 538 g/mol. The Kier molecular flexibility index (Phi) is 9.48. The molecule has 204 valence electrons. The maximum Gasteiger partial charge on any atom is 0.434 e. The minimum atomic E-state index is -5.86. The van der Waals surface area contributed by atoms with E-state index in [0.717, 1.165) is 6.07 Å². The molecule has 1 aromatic rings. The van der Waals surface area contributed by atoms with Gasteiger partial charge in [0.05, 0.1) is 5.56 Å². The molecule has 0 unspecified atom stereocenters. The number of piperazine rings is 1. The van der Waals surface area contributed by atoms with Gasteiger partial charge in [0.15, 0.2) is 0 Å². The number of nitrogens with zero attached hydrogens (tertiary/aromatic N) is 2. The van der Waals surface area contributed by atoms with Crippen LogP contribution in [0.25, 0.3) is 0 Å². The second-order valence-electron chi connectivity index (χ2n) is 8.15. The number of amides is 1. The Morgan fingerprint density at radius 2 is 1.50 bits per heavy atom. The molecule has 1 aromatic carbocycles. The van der Waals surface area contributed by atoms with Crippen molar-refractivity contribution in [2.75, 3.05) is 26.2 Å². The third kappa shape index (κ3) is 8.45. The Morgan fingerprint density at radius 1 is 0.917 bits per heavy atom. The molecule has 6 nitrogen and oxygen atoms in total. The Morgan fingerprint density at radius 3 is 2.00 bits per heavy atom. The van der Waals surface area contributed by atoms with Crippen LogP contribution >= 0.6 is 0 Å². The van der Waals surface area contributed by atoms with E-state index in [1.165, 1.54) is 17.0 Å². The Labute approximate surface area is 199 Å². The number of carboxylic acids is 1. The van der Waals surface area contributed by atoms with Gasteiger partial charge >= 0.3 is 30.6 Å². The van der Waals surface area contributed by atoms with E-state index in [2.05, 4.69) is 4.74 Å². The SMILES string of the molecule is O=C(O)CCCCc1cccc(C(F)(F)F)c1CN1CCN(C(=O)OC(C(F)(F)F)C(F)(F)F)CC1. The van der Waals surface area contributed by atoms with Crippen molar-refractivity contribution >= 4 is 12.1 Å². The van der Waals surface area contributed by atoms with Gasteiger partial charge in [0, 0.05) is 39.1 Å². The summed E-state index contributed by atoms with van der Waals surface area (Å²) in [4.78, 5) is 24.7. The van der Waals surface area contributed by atoms with Crippen LogP contribution in [0.15, 0.2) is 18.2 Å². The van der Waals surface area contributed by atoms with Gasteiger partial charge in [-0.15, -0.1) is 0 Å². The summed E-state index contributed by atoms with van der Waals surface area (Å²) in [6.07, 6.45) is -21.9. The van der Waals surface area contributed by atoms with Crippen LogP contribution in [0.2, 0.25) is 0 Å².